The number of hydrogen-bond acceptors (Lipinski definition) is 38. The first-order valence-electron chi connectivity index (χ1n) is 40.8. The number of carbonyl (C=O) groups excluding carboxylic acids is 3. The predicted molar refractivity (Wildman–Crippen MR) is 392 cm³/mol. The summed E-state index contributed by atoms with van der Waals surface area (Å²) >= 11 is 0. The van der Waals surface area contributed by atoms with Crippen molar-refractivity contribution in [1.82, 2.24) is 5.32 Å². The van der Waals surface area contributed by atoms with E-state index >= 15 is 4.79 Å². The topological polar surface area (TPSA) is 606 Å². The molecule has 0 aromatic heterocycles. The van der Waals surface area contributed by atoms with E-state index < -0.39 is 322 Å². The predicted octanol–water partition coefficient (Wildman–Crippen LogP) is -5.57. The number of ether oxygens (including phenoxy) is 15. The fraction of sp³-hybridized carbons (Fsp3) is 0.861. The first kappa shape index (κ1) is 91.6. The van der Waals surface area contributed by atoms with Crippen LogP contribution in [0.4, 0.5) is 0 Å². The lowest BCUT2D eigenvalue weighted by Gasteiger charge is -2.72. The molecule has 21 N–H and O–H groups in total. The van der Waals surface area contributed by atoms with Crippen LogP contribution in [0.5, 0.6) is 5.75 Å². The summed E-state index contributed by atoms with van der Waals surface area (Å²) in [5.74, 6) is -4.36. The van der Waals surface area contributed by atoms with Crippen LogP contribution in [0.3, 0.4) is 0 Å². The monoisotopic (exact) mass is 1690 g/mol. The summed E-state index contributed by atoms with van der Waals surface area (Å²) in [6.45, 7) is 14.6. The van der Waals surface area contributed by atoms with Crippen molar-refractivity contribution in [3.8, 4) is 5.75 Å². The van der Waals surface area contributed by atoms with Crippen molar-refractivity contribution in [1.29, 1.82) is 0 Å². The lowest BCUT2D eigenvalue weighted by Crippen LogP contribution is -2.70. The van der Waals surface area contributed by atoms with Gasteiger partial charge >= 0.3 is 11.9 Å². The normalized spacial score (nSPS) is 50.6. The molecule has 0 spiro atoms. The summed E-state index contributed by atoms with van der Waals surface area (Å²) in [6.07, 6.45) is -55.7. The van der Waals surface area contributed by atoms with Gasteiger partial charge in [0.05, 0.1) is 57.5 Å². The average molecular weight is 1690 g/mol. The number of allylic oxidation sites excluding steroid dienone is 2. The fourth-order valence-corrected chi connectivity index (χ4v) is 21.8. The Kier molecular flexibility index (Phi) is 27.2. The minimum absolute atomic E-state index is 0.0376. The molecule has 4 saturated carbocycles. The molecular weight excluding hydrogens is 1570 g/mol. The Bertz CT molecular complexity index is 3670. The maximum absolute atomic E-state index is 16.5. The number of para-hydroxylation sites is 1. The Hall–Kier alpha value is -4.11. The molecule has 1 aromatic carbocycles. The molecule has 13 rings (SSSR count). The molecule has 0 bridgehead atoms. The Balaban J connectivity index is 0.783. The van der Waals surface area contributed by atoms with Crippen molar-refractivity contribution in [2.75, 3.05) is 33.0 Å². The SMILES string of the molecule is CC(=O)NC1C(OC2CCC3(C)C(CCC4(C)C3CC=C3C5CC(C)(C)C(OC(=O)c6ccccc6O)CC5(C(=O)OC5OC(CO)C(O)C(O)C5OC5OC(C)C(OC6OC(CO)C(O)C6O)C(OC6OC(CO)C(O)C(O)C6O)C5O)C(O)CC34C)C2(C)C)OC(COC2OC(C)C(O)C(O)C2OC2OCC(O)C(O)C2O)C(O)C1O. The Morgan fingerprint density at radius 3 is 1.69 bits per heavy atom. The molecule has 5 aliphatic carbocycles. The van der Waals surface area contributed by atoms with E-state index in [0.717, 1.165) is 5.57 Å². The quantitative estimate of drug-likeness (QED) is 0.0310. The molecule has 39 nitrogen and oxygen atoms in total. The zero-order valence-electron chi connectivity index (χ0n) is 67.4. The number of hydrogen-bond donors (Lipinski definition) is 21. The summed E-state index contributed by atoms with van der Waals surface area (Å²) in [5, 5.41) is 226. The van der Waals surface area contributed by atoms with Crippen LogP contribution < -0.4 is 5.32 Å². The number of fused-ring (bicyclic) bond motifs is 7. The van der Waals surface area contributed by atoms with E-state index in [1.54, 1.807) is 0 Å². The summed E-state index contributed by atoms with van der Waals surface area (Å²) in [7, 11) is 0. The molecule has 1 amide bonds. The van der Waals surface area contributed by atoms with Crippen LogP contribution in [0.25, 0.3) is 0 Å². The van der Waals surface area contributed by atoms with Gasteiger partial charge in [0.25, 0.3) is 0 Å². The minimum Gasteiger partial charge on any atom is -0.507 e. The summed E-state index contributed by atoms with van der Waals surface area (Å²) in [4.78, 5) is 43.8. The number of phenolic OH excluding ortho intramolecular Hbond substituents is 1. The molecule has 12 aliphatic rings. The number of amides is 1. The molecule has 1 aromatic rings. The second kappa shape index (κ2) is 35.0. The molecular formula is C79H121NO38. The van der Waals surface area contributed by atoms with Crippen molar-refractivity contribution < 1.29 is 188 Å². The standard InChI is InChI=1S/C79H121NO38/c1-29-47(88)55(96)63(116-67-57(98)48(89)36(86)27-104-67)71(106-29)105-28-40-52(93)53(94)46(80-31(3)84)66(111-40)113-44-18-19-76(8)41(75(44,6)7)17-20-77(9)42(76)16-15-33-34-21-74(4,5)45(112-65(102)32-13-11-12-14-35(32)85)23-79(34,43(87)22-78(33,77)10)73(103)118-72-64(56(97)50(91)38(25-82)110-72)117-70-60(101)62(115-69-59(100)54(95)49(90)37(24-81)108-69)61(30(2)107-70)114-68-58(99)51(92)39(26-83)109-68/h11-15,29-30,34,36-64,66-72,81-83,85-101H,16-28H2,1-10H3,(H,80,84). The van der Waals surface area contributed by atoms with Gasteiger partial charge in [0.2, 0.25) is 12.2 Å². The van der Waals surface area contributed by atoms with E-state index in [4.69, 9.17) is 71.1 Å². The number of aliphatic hydroxyl groups is 19. The Morgan fingerprint density at radius 1 is 0.500 bits per heavy atom. The zero-order chi connectivity index (χ0) is 86.0. The van der Waals surface area contributed by atoms with Gasteiger partial charge in [-0.1, -0.05) is 72.2 Å². The summed E-state index contributed by atoms with van der Waals surface area (Å²) in [5.41, 5.74) is -5.43. The van der Waals surface area contributed by atoms with E-state index in [-0.39, 0.29) is 30.2 Å². The van der Waals surface area contributed by atoms with E-state index in [9.17, 15) is 112 Å². The number of aliphatic hydroxyl groups excluding tert-OH is 19. The van der Waals surface area contributed by atoms with Crippen LogP contribution in [0.1, 0.15) is 131 Å². The zero-order valence-corrected chi connectivity index (χ0v) is 67.4. The third kappa shape index (κ3) is 16.1. The van der Waals surface area contributed by atoms with Gasteiger partial charge in [-0.3, -0.25) is 9.59 Å². The number of nitrogens with one attached hydrogen (secondary N) is 1. The maximum Gasteiger partial charge on any atom is 0.342 e. The van der Waals surface area contributed by atoms with E-state index in [1.807, 2.05) is 13.8 Å². The molecule has 118 heavy (non-hydrogen) atoms. The lowest BCUT2D eigenvalue weighted by atomic mass is 9.33. The van der Waals surface area contributed by atoms with Crippen molar-refractivity contribution in [2.24, 2.45) is 50.2 Å². The second-order valence-corrected chi connectivity index (χ2v) is 36.5. The number of aromatic hydroxyl groups is 1. The van der Waals surface area contributed by atoms with Crippen LogP contribution in [-0.2, 0) is 80.6 Å². The molecule has 0 radical (unpaired) electrons. The molecule has 11 fully saturated rings. The number of carbonyl (C=O) groups is 3. The Labute approximate surface area is 680 Å². The molecule has 7 saturated heterocycles. The maximum atomic E-state index is 16.5. The largest absolute Gasteiger partial charge is 0.507 e. The molecule has 7 heterocycles. The van der Waals surface area contributed by atoms with Crippen LogP contribution in [0.2, 0.25) is 0 Å². The van der Waals surface area contributed by atoms with Crippen LogP contribution >= 0.6 is 0 Å². The third-order valence-electron chi connectivity index (χ3n) is 28.9. The highest BCUT2D eigenvalue weighted by Gasteiger charge is 2.74. The van der Waals surface area contributed by atoms with Gasteiger partial charge in [-0.05, 0) is 110 Å². The van der Waals surface area contributed by atoms with Gasteiger partial charge in [0, 0.05) is 18.8 Å². The summed E-state index contributed by atoms with van der Waals surface area (Å²) < 4.78 is 91.9. The molecule has 43 atom stereocenters. The van der Waals surface area contributed by atoms with Crippen molar-refractivity contribution in [3.63, 3.8) is 0 Å². The number of esters is 2. The second-order valence-electron chi connectivity index (χ2n) is 36.5. The molecule has 7 aliphatic heterocycles. The van der Waals surface area contributed by atoms with Crippen LogP contribution in [-0.4, -0.2) is 374 Å². The minimum atomic E-state index is -2.23. The van der Waals surface area contributed by atoms with E-state index in [0.29, 0.717) is 32.1 Å². The van der Waals surface area contributed by atoms with Crippen LogP contribution in [0.15, 0.2) is 35.9 Å². The molecule has 43 unspecified atom stereocenters. The van der Waals surface area contributed by atoms with Crippen molar-refractivity contribution >= 4 is 17.8 Å². The van der Waals surface area contributed by atoms with Crippen molar-refractivity contribution in [3.05, 3.63) is 41.5 Å². The van der Waals surface area contributed by atoms with E-state index in [1.165, 1.54) is 45.0 Å². The Morgan fingerprint density at radius 2 is 1.04 bits per heavy atom. The van der Waals surface area contributed by atoms with Gasteiger partial charge in [-0.25, -0.2) is 4.79 Å². The van der Waals surface area contributed by atoms with Gasteiger partial charge < -0.3 is 179 Å². The number of benzene rings is 1. The highest BCUT2D eigenvalue weighted by Crippen LogP contribution is 2.76. The third-order valence-corrected chi connectivity index (χ3v) is 28.9. The number of rotatable bonds is 21. The lowest BCUT2D eigenvalue weighted by molar-refractivity contribution is -0.390. The van der Waals surface area contributed by atoms with Gasteiger partial charge in [-0.2, -0.15) is 0 Å². The van der Waals surface area contributed by atoms with Crippen molar-refractivity contribution in [2.45, 2.75) is 342 Å². The first-order chi connectivity index (χ1) is 55.4. The number of phenols is 1. The van der Waals surface area contributed by atoms with Gasteiger partial charge in [0.15, 0.2) is 43.8 Å². The molecule has 670 valence electrons. The van der Waals surface area contributed by atoms with E-state index in [2.05, 4.69) is 46.0 Å². The molecule has 39 heteroatoms. The first-order valence-corrected chi connectivity index (χ1v) is 40.8. The summed E-state index contributed by atoms with van der Waals surface area (Å²) in [6, 6.07) is 4.33. The smallest absolute Gasteiger partial charge is 0.342 e. The highest BCUT2D eigenvalue weighted by atomic mass is 16.8. The average Bonchev–Trinajstić information content (AvgIpc) is 0.727. The van der Waals surface area contributed by atoms with Gasteiger partial charge in [-0.15, -0.1) is 0 Å². The fourth-order valence-electron chi connectivity index (χ4n) is 21.8. The van der Waals surface area contributed by atoms with Gasteiger partial charge in [0.1, 0.15) is 163 Å². The van der Waals surface area contributed by atoms with Crippen LogP contribution in [0, 0.1) is 50.2 Å². The highest BCUT2D eigenvalue weighted by molar-refractivity contribution is 5.92.